The molecule has 9 heteroatoms. The number of hydrogen-bond acceptors (Lipinski definition) is 6. The molecular weight excluding hydrogens is 390 g/mol. The second-order valence-corrected chi connectivity index (χ2v) is 6.46. The smallest absolute Gasteiger partial charge is 0.387 e. The van der Waals surface area contributed by atoms with E-state index in [1.807, 2.05) is 0 Å². The minimum Gasteiger partial charge on any atom is -0.465 e. The maximum atomic E-state index is 13.0. The molecule has 0 aliphatic heterocycles. The summed E-state index contributed by atoms with van der Waals surface area (Å²) in [6.07, 6.45) is 0. The average molecular weight is 406 g/mol. The van der Waals surface area contributed by atoms with Gasteiger partial charge in [0, 0.05) is 0 Å². The molecule has 146 valence electrons. The third-order valence-electron chi connectivity index (χ3n) is 3.69. The Balaban J connectivity index is 2.05. The summed E-state index contributed by atoms with van der Waals surface area (Å²) in [7, 11) is 0. The lowest BCUT2D eigenvalue weighted by atomic mass is 10.2. The van der Waals surface area contributed by atoms with Gasteiger partial charge in [-0.05, 0) is 43.3 Å². The molecule has 0 saturated heterocycles. The number of nitrogens with zero attached hydrogens (tertiary/aromatic N) is 2. The van der Waals surface area contributed by atoms with E-state index in [1.54, 1.807) is 31.2 Å². The normalized spacial score (nSPS) is 11.0. The predicted molar refractivity (Wildman–Crippen MR) is 101 cm³/mol. The molecule has 0 N–H and O–H groups in total. The summed E-state index contributed by atoms with van der Waals surface area (Å²) >= 11 is 1.06. The van der Waals surface area contributed by atoms with Crippen molar-refractivity contribution in [2.75, 3.05) is 12.4 Å². The molecule has 0 unspecified atom stereocenters. The van der Waals surface area contributed by atoms with Gasteiger partial charge in [-0.15, -0.1) is 0 Å². The second kappa shape index (κ2) is 8.83. The lowest BCUT2D eigenvalue weighted by molar-refractivity contribution is -0.139. The van der Waals surface area contributed by atoms with Crippen molar-refractivity contribution in [3.8, 4) is 11.4 Å². The maximum absolute atomic E-state index is 13.0. The number of alkyl halides is 2. The number of carbonyl (C=O) groups is 1. The molecule has 0 bridgehead atoms. The van der Waals surface area contributed by atoms with E-state index in [1.165, 1.54) is 28.8 Å². The highest BCUT2D eigenvalue weighted by molar-refractivity contribution is 7.99. The van der Waals surface area contributed by atoms with Crippen LogP contribution < -0.4 is 10.3 Å². The Morgan fingerprint density at radius 3 is 2.57 bits per heavy atom. The van der Waals surface area contributed by atoms with Crippen LogP contribution in [0.1, 0.15) is 6.92 Å². The van der Waals surface area contributed by atoms with Crippen LogP contribution in [0.5, 0.6) is 5.75 Å². The number of halogens is 2. The molecule has 2 aromatic carbocycles. The van der Waals surface area contributed by atoms with Gasteiger partial charge in [0.05, 0.1) is 29.0 Å². The van der Waals surface area contributed by atoms with E-state index in [-0.39, 0.29) is 23.7 Å². The van der Waals surface area contributed by atoms with Gasteiger partial charge < -0.3 is 9.47 Å². The Kier molecular flexibility index (Phi) is 6.25. The van der Waals surface area contributed by atoms with Crippen LogP contribution in [0.3, 0.4) is 0 Å². The summed E-state index contributed by atoms with van der Waals surface area (Å²) < 4.78 is 35.3. The van der Waals surface area contributed by atoms with Crippen molar-refractivity contribution < 1.29 is 23.0 Å². The van der Waals surface area contributed by atoms with Gasteiger partial charge in [0.25, 0.3) is 5.56 Å². The number of fused-ring (bicyclic) bond motifs is 1. The summed E-state index contributed by atoms with van der Waals surface area (Å²) in [5.41, 5.74) is 0.573. The molecule has 0 radical (unpaired) electrons. The zero-order valence-electron chi connectivity index (χ0n) is 14.8. The summed E-state index contributed by atoms with van der Waals surface area (Å²) in [5.74, 6) is -0.478. The quantitative estimate of drug-likeness (QED) is 0.339. The van der Waals surface area contributed by atoms with E-state index < -0.39 is 12.6 Å². The van der Waals surface area contributed by atoms with E-state index in [0.29, 0.717) is 21.7 Å². The molecule has 3 rings (SSSR count). The van der Waals surface area contributed by atoms with Crippen LogP contribution in [-0.2, 0) is 9.53 Å². The van der Waals surface area contributed by atoms with Crippen LogP contribution in [0, 0.1) is 0 Å². The predicted octanol–water partition coefficient (Wildman–Crippen LogP) is 3.64. The van der Waals surface area contributed by atoms with Crippen LogP contribution in [0.2, 0.25) is 0 Å². The van der Waals surface area contributed by atoms with E-state index in [0.717, 1.165) is 11.8 Å². The van der Waals surface area contributed by atoms with E-state index >= 15 is 0 Å². The molecule has 1 aromatic heterocycles. The number of rotatable bonds is 7. The van der Waals surface area contributed by atoms with Crippen molar-refractivity contribution in [3.63, 3.8) is 0 Å². The first-order valence-corrected chi connectivity index (χ1v) is 9.33. The fourth-order valence-electron chi connectivity index (χ4n) is 2.54. The topological polar surface area (TPSA) is 70.4 Å². The number of para-hydroxylation sites is 1. The Bertz CT molecular complexity index is 1040. The number of hydrogen-bond donors (Lipinski definition) is 0. The molecule has 0 aliphatic carbocycles. The molecule has 1 heterocycles. The fourth-order valence-corrected chi connectivity index (χ4v) is 3.35. The zero-order valence-corrected chi connectivity index (χ0v) is 15.6. The van der Waals surface area contributed by atoms with Crippen molar-refractivity contribution in [2.45, 2.75) is 18.7 Å². The standard InChI is InChI=1S/C19H16F2N2O4S/c1-2-26-16(24)11-28-19-22-15-6-4-3-5-14(15)17(25)23(19)12-7-9-13(10-8-12)27-18(20)21/h3-10,18H,2,11H2,1H3. The third-order valence-corrected chi connectivity index (χ3v) is 4.60. The van der Waals surface area contributed by atoms with Gasteiger partial charge in [0.2, 0.25) is 0 Å². The van der Waals surface area contributed by atoms with Gasteiger partial charge in [0.1, 0.15) is 5.75 Å². The average Bonchev–Trinajstić information content (AvgIpc) is 2.67. The van der Waals surface area contributed by atoms with Crippen LogP contribution in [0.25, 0.3) is 16.6 Å². The fraction of sp³-hybridized carbons (Fsp3) is 0.211. The third kappa shape index (κ3) is 4.48. The maximum Gasteiger partial charge on any atom is 0.387 e. The number of benzene rings is 2. The monoisotopic (exact) mass is 406 g/mol. The molecule has 0 aliphatic rings. The molecule has 0 spiro atoms. The number of thioether (sulfide) groups is 1. The highest BCUT2D eigenvalue weighted by Gasteiger charge is 2.15. The minimum atomic E-state index is -2.94. The number of esters is 1. The van der Waals surface area contributed by atoms with Crippen molar-refractivity contribution in [1.82, 2.24) is 9.55 Å². The summed E-state index contributed by atoms with van der Waals surface area (Å²) in [6.45, 7) is -0.981. The molecule has 28 heavy (non-hydrogen) atoms. The highest BCUT2D eigenvalue weighted by Crippen LogP contribution is 2.23. The van der Waals surface area contributed by atoms with Crippen LogP contribution >= 0.6 is 11.8 Å². The van der Waals surface area contributed by atoms with Crippen molar-refractivity contribution >= 4 is 28.6 Å². The Morgan fingerprint density at radius 1 is 1.18 bits per heavy atom. The Labute approximate surface area is 163 Å². The van der Waals surface area contributed by atoms with E-state index in [9.17, 15) is 18.4 Å². The largest absolute Gasteiger partial charge is 0.465 e. The van der Waals surface area contributed by atoms with E-state index in [4.69, 9.17) is 4.74 Å². The van der Waals surface area contributed by atoms with Crippen molar-refractivity contribution in [1.29, 1.82) is 0 Å². The van der Waals surface area contributed by atoms with Crippen LogP contribution in [-0.4, -0.2) is 34.5 Å². The first-order chi connectivity index (χ1) is 13.5. The van der Waals surface area contributed by atoms with Crippen LogP contribution in [0.4, 0.5) is 8.78 Å². The SMILES string of the molecule is CCOC(=O)CSc1nc2ccccc2c(=O)n1-c1ccc(OC(F)F)cc1. The van der Waals surface area contributed by atoms with Crippen molar-refractivity contribution in [3.05, 3.63) is 58.9 Å². The molecule has 0 amide bonds. The molecule has 0 fully saturated rings. The molecule has 6 nitrogen and oxygen atoms in total. The highest BCUT2D eigenvalue weighted by atomic mass is 32.2. The molecule has 0 atom stereocenters. The van der Waals surface area contributed by atoms with Crippen molar-refractivity contribution in [2.24, 2.45) is 0 Å². The van der Waals surface area contributed by atoms with Gasteiger partial charge in [-0.2, -0.15) is 8.78 Å². The van der Waals surface area contributed by atoms with E-state index in [2.05, 4.69) is 9.72 Å². The van der Waals surface area contributed by atoms with Gasteiger partial charge in [-0.3, -0.25) is 14.2 Å². The first-order valence-electron chi connectivity index (χ1n) is 8.35. The minimum absolute atomic E-state index is 0.0226. The molecule has 3 aromatic rings. The summed E-state index contributed by atoms with van der Waals surface area (Å²) in [5, 5.41) is 0.690. The summed E-state index contributed by atoms with van der Waals surface area (Å²) in [6, 6.07) is 12.5. The van der Waals surface area contributed by atoms with Crippen LogP contribution in [0.15, 0.2) is 58.5 Å². The van der Waals surface area contributed by atoms with Gasteiger partial charge in [0.15, 0.2) is 5.16 Å². The Hall–Kier alpha value is -2.94. The second-order valence-electron chi connectivity index (χ2n) is 5.52. The van der Waals surface area contributed by atoms with Gasteiger partial charge in [-0.25, -0.2) is 4.98 Å². The first kappa shape index (κ1) is 19.8. The molecule has 0 saturated carbocycles. The number of ether oxygens (including phenoxy) is 2. The zero-order chi connectivity index (χ0) is 20.1. The summed E-state index contributed by atoms with van der Waals surface area (Å²) in [4.78, 5) is 29.2. The number of aromatic nitrogens is 2. The van der Waals surface area contributed by atoms with Gasteiger partial charge in [-0.1, -0.05) is 23.9 Å². The Morgan fingerprint density at radius 2 is 1.89 bits per heavy atom. The molecular formula is C19H16F2N2O4S. The van der Waals surface area contributed by atoms with Gasteiger partial charge >= 0.3 is 12.6 Å². The lowest BCUT2D eigenvalue weighted by Crippen LogP contribution is -2.22. The number of carbonyl (C=O) groups excluding carboxylic acids is 1. The lowest BCUT2D eigenvalue weighted by Gasteiger charge is -2.13.